The zero-order chi connectivity index (χ0) is 19.9. The molecule has 6 heteroatoms. The predicted octanol–water partition coefficient (Wildman–Crippen LogP) is 4.37. The third-order valence-electron chi connectivity index (χ3n) is 5.19. The fraction of sp³-hybridized carbons (Fsp3) is 0.409. The second kappa shape index (κ2) is 9.32. The van der Waals surface area contributed by atoms with E-state index in [9.17, 15) is 9.18 Å². The molecular formula is C22H24FN3O2. The largest absolute Gasteiger partial charge is 0.487 e. The van der Waals surface area contributed by atoms with Crippen LogP contribution in [0.4, 0.5) is 4.39 Å². The molecule has 5 nitrogen and oxygen atoms in total. The lowest BCUT2D eigenvalue weighted by molar-refractivity contribution is 0.0919. The summed E-state index contributed by atoms with van der Waals surface area (Å²) in [5.74, 6) is 0.160. The number of amides is 1. The molecule has 1 aliphatic rings. The van der Waals surface area contributed by atoms with Crippen LogP contribution in [0.1, 0.15) is 60.6 Å². The van der Waals surface area contributed by atoms with Gasteiger partial charge in [-0.05, 0) is 49.9 Å². The van der Waals surface area contributed by atoms with Crippen molar-refractivity contribution >= 4 is 5.91 Å². The van der Waals surface area contributed by atoms with Crippen LogP contribution >= 0.6 is 0 Å². The second-order valence-electron chi connectivity index (χ2n) is 7.27. The van der Waals surface area contributed by atoms with Gasteiger partial charge in [0.25, 0.3) is 5.91 Å². The number of halogens is 1. The Kier molecular flexibility index (Phi) is 6.59. The van der Waals surface area contributed by atoms with Crippen LogP contribution in [-0.4, -0.2) is 16.9 Å². The maximum absolute atomic E-state index is 13.4. The van der Waals surface area contributed by atoms with Crippen LogP contribution in [0.5, 0.6) is 5.75 Å². The van der Waals surface area contributed by atoms with Crippen LogP contribution in [0.3, 0.4) is 0 Å². The lowest BCUT2D eigenvalue weighted by Crippen LogP contribution is -2.38. The van der Waals surface area contributed by atoms with E-state index in [-0.39, 0.29) is 29.9 Å². The maximum atomic E-state index is 13.4. The normalized spacial score (nSPS) is 15.5. The molecule has 1 aromatic heterocycles. The maximum Gasteiger partial charge on any atom is 0.253 e. The van der Waals surface area contributed by atoms with E-state index >= 15 is 0 Å². The fourth-order valence-electron chi connectivity index (χ4n) is 3.55. The number of ether oxygens (including phenoxy) is 1. The third kappa shape index (κ3) is 5.29. The standard InChI is InChI=1S/C22H24FN3O2/c1-15(17-5-3-2-4-6-17)26-22(27)18-7-8-20(25-13-18)14-28-21-10-16(12-24)9-19(23)11-21/h7-11,13,15,17H,2-6,14H2,1H3,(H,26,27)/t15-/m1/s1. The van der Waals surface area contributed by atoms with Gasteiger partial charge in [-0.15, -0.1) is 0 Å². The first kappa shape index (κ1) is 19.8. The molecule has 1 atom stereocenters. The van der Waals surface area contributed by atoms with Crippen molar-refractivity contribution in [2.75, 3.05) is 0 Å². The SMILES string of the molecule is C[C@@H](NC(=O)c1ccc(COc2cc(F)cc(C#N)c2)nc1)C1CCCCC1. The number of hydrogen-bond donors (Lipinski definition) is 1. The monoisotopic (exact) mass is 381 g/mol. The summed E-state index contributed by atoms with van der Waals surface area (Å²) in [6, 6.07) is 9.29. The molecule has 0 unspecified atom stereocenters. The highest BCUT2D eigenvalue weighted by Gasteiger charge is 2.21. The Bertz CT molecular complexity index is 855. The van der Waals surface area contributed by atoms with Crippen LogP contribution in [-0.2, 0) is 6.61 Å². The minimum absolute atomic E-state index is 0.120. The lowest BCUT2D eigenvalue weighted by atomic mass is 9.84. The van der Waals surface area contributed by atoms with E-state index < -0.39 is 5.82 Å². The Morgan fingerprint density at radius 1 is 1.32 bits per heavy atom. The van der Waals surface area contributed by atoms with E-state index in [0.29, 0.717) is 17.2 Å². The van der Waals surface area contributed by atoms with E-state index in [4.69, 9.17) is 10.00 Å². The minimum atomic E-state index is -0.527. The van der Waals surface area contributed by atoms with Gasteiger partial charge in [0.1, 0.15) is 18.2 Å². The molecule has 1 aromatic carbocycles. The van der Waals surface area contributed by atoms with E-state index in [1.54, 1.807) is 12.1 Å². The Balaban J connectivity index is 1.55. The van der Waals surface area contributed by atoms with Crippen molar-refractivity contribution in [3.63, 3.8) is 0 Å². The van der Waals surface area contributed by atoms with Gasteiger partial charge in [0.05, 0.1) is 22.9 Å². The summed E-state index contributed by atoms with van der Waals surface area (Å²) >= 11 is 0. The first-order valence-corrected chi connectivity index (χ1v) is 9.64. The van der Waals surface area contributed by atoms with Gasteiger partial charge >= 0.3 is 0 Å². The molecule has 1 aliphatic carbocycles. The number of carbonyl (C=O) groups excluding carboxylic acids is 1. The summed E-state index contributed by atoms with van der Waals surface area (Å²) in [7, 11) is 0. The smallest absolute Gasteiger partial charge is 0.253 e. The van der Waals surface area contributed by atoms with Gasteiger partial charge in [0, 0.05) is 18.3 Å². The average Bonchev–Trinajstić information content (AvgIpc) is 2.72. The van der Waals surface area contributed by atoms with Gasteiger partial charge in [-0.25, -0.2) is 4.39 Å². The molecule has 3 rings (SSSR count). The fourth-order valence-corrected chi connectivity index (χ4v) is 3.55. The van der Waals surface area contributed by atoms with Crippen molar-refractivity contribution in [2.45, 2.75) is 51.7 Å². The Morgan fingerprint density at radius 3 is 2.79 bits per heavy atom. The molecule has 0 aliphatic heterocycles. The molecule has 28 heavy (non-hydrogen) atoms. The van der Waals surface area contributed by atoms with Gasteiger partial charge in [-0.1, -0.05) is 19.3 Å². The summed E-state index contributed by atoms with van der Waals surface area (Å²) in [6.07, 6.45) is 7.63. The highest BCUT2D eigenvalue weighted by atomic mass is 19.1. The Hall–Kier alpha value is -2.94. The summed E-state index contributed by atoms with van der Waals surface area (Å²) in [6.45, 7) is 2.19. The van der Waals surface area contributed by atoms with Crippen molar-refractivity contribution in [2.24, 2.45) is 5.92 Å². The Morgan fingerprint density at radius 2 is 2.11 bits per heavy atom. The molecule has 2 aromatic rings. The molecule has 146 valence electrons. The third-order valence-corrected chi connectivity index (χ3v) is 5.19. The predicted molar refractivity (Wildman–Crippen MR) is 103 cm³/mol. The Labute approximate surface area is 164 Å². The number of nitrogens with one attached hydrogen (secondary N) is 1. The summed E-state index contributed by atoms with van der Waals surface area (Å²) in [5.41, 5.74) is 1.31. The van der Waals surface area contributed by atoms with Crippen molar-refractivity contribution in [3.8, 4) is 11.8 Å². The second-order valence-corrected chi connectivity index (χ2v) is 7.27. The van der Waals surface area contributed by atoms with Crippen LogP contribution in [0.25, 0.3) is 0 Å². The van der Waals surface area contributed by atoms with Crippen LogP contribution in [0, 0.1) is 23.1 Å². The van der Waals surface area contributed by atoms with Gasteiger partial charge < -0.3 is 10.1 Å². The number of benzene rings is 1. The number of pyridine rings is 1. The number of nitrogens with zero attached hydrogens (tertiary/aromatic N) is 2. The molecule has 1 saturated carbocycles. The number of rotatable bonds is 6. The molecule has 1 fully saturated rings. The topological polar surface area (TPSA) is 75.0 Å². The average molecular weight is 381 g/mol. The zero-order valence-electron chi connectivity index (χ0n) is 16.0. The van der Waals surface area contributed by atoms with E-state index in [1.165, 1.54) is 50.4 Å². The highest BCUT2D eigenvalue weighted by molar-refractivity contribution is 5.94. The van der Waals surface area contributed by atoms with Gasteiger partial charge in [-0.2, -0.15) is 5.26 Å². The molecule has 1 N–H and O–H groups in total. The number of aromatic nitrogens is 1. The zero-order valence-corrected chi connectivity index (χ0v) is 16.0. The first-order chi connectivity index (χ1) is 13.5. The van der Waals surface area contributed by atoms with Crippen molar-refractivity contribution < 1.29 is 13.9 Å². The van der Waals surface area contributed by atoms with Crippen molar-refractivity contribution in [3.05, 3.63) is 59.2 Å². The van der Waals surface area contributed by atoms with Crippen molar-refractivity contribution in [1.29, 1.82) is 5.26 Å². The number of nitriles is 1. The van der Waals surface area contributed by atoms with Gasteiger partial charge in [-0.3, -0.25) is 9.78 Å². The van der Waals surface area contributed by atoms with Crippen LogP contribution in [0.15, 0.2) is 36.5 Å². The van der Waals surface area contributed by atoms with Crippen molar-refractivity contribution in [1.82, 2.24) is 10.3 Å². The highest BCUT2D eigenvalue weighted by Crippen LogP contribution is 2.26. The molecular weight excluding hydrogens is 357 g/mol. The van der Waals surface area contributed by atoms with Gasteiger partial charge in [0.2, 0.25) is 0 Å². The lowest BCUT2D eigenvalue weighted by Gasteiger charge is -2.28. The minimum Gasteiger partial charge on any atom is -0.487 e. The summed E-state index contributed by atoms with van der Waals surface area (Å²) in [5, 5.41) is 12.0. The molecule has 0 saturated heterocycles. The number of hydrogen-bond acceptors (Lipinski definition) is 4. The molecule has 1 heterocycles. The first-order valence-electron chi connectivity index (χ1n) is 9.64. The van der Waals surface area contributed by atoms with E-state index in [2.05, 4.69) is 17.2 Å². The molecule has 0 bridgehead atoms. The summed E-state index contributed by atoms with van der Waals surface area (Å²) < 4.78 is 18.9. The van der Waals surface area contributed by atoms with E-state index in [0.717, 1.165) is 6.07 Å². The van der Waals surface area contributed by atoms with Crippen LogP contribution in [0.2, 0.25) is 0 Å². The van der Waals surface area contributed by atoms with Crippen LogP contribution < -0.4 is 10.1 Å². The van der Waals surface area contributed by atoms with Gasteiger partial charge in [0.15, 0.2) is 0 Å². The quantitative estimate of drug-likeness (QED) is 0.806. The summed E-state index contributed by atoms with van der Waals surface area (Å²) in [4.78, 5) is 16.7. The molecule has 0 spiro atoms. The molecule has 0 radical (unpaired) electrons. The van der Waals surface area contributed by atoms with E-state index in [1.807, 2.05) is 6.07 Å². The number of carbonyl (C=O) groups is 1. The molecule has 1 amide bonds.